The number of pyridine rings is 1. The monoisotopic (exact) mass is 464 g/mol. The van der Waals surface area contributed by atoms with Gasteiger partial charge in [0.2, 0.25) is 11.4 Å². The van der Waals surface area contributed by atoms with Crippen LogP contribution >= 0.6 is 0 Å². The van der Waals surface area contributed by atoms with Crippen molar-refractivity contribution >= 4 is 28.5 Å². The first-order valence-corrected chi connectivity index (χ1v) is 9.86. The highest BCUT2D eigenvalue weighted by atomic mass is 19.3. The molecule has 1 aromatic carbocycles. The van der Waals surface area contributed by atoms with Crippen molar-refractivity contribution in [1.29, 1.82) is 0 Å². The van der Waals surface area contributed by atoms with E-state index in [9.17, 15) is 23.5 Å². The third-order valence-corrected chi connectivity index (χ3v) is 5.28. The Balaban J connectivity index is 1.83. The van der Waals surface area contributed by atoms with E-state index in [4.69, 9.17) is 4.74 Å². The summed E-state index contributed by atoms with van der Waals surface area (Å²) in [7, 11) is 1.39. The van der Waals surface area contributed by atoms with Crippen LogP contribution in [-0.4, -0.2) is 65.6 Å². The van der Waals surface area contributed by atoms with Crippen molar-refractivity contribution in [2.45, 2.75) is 6.61 Å². The molecule has 0 atom stereocenters. The standard InChI is InChI=1S/C20H19F3N6O4/c1-24-29-10-12(18(31)32)16(30)11-9-13(21)15(17(14(11)29)33-19(22)23)27-5-7-28(8-6-27)20-25-3-2-4-26-20/h2-4,9-10,19,24H,5-8H2,1H3,(H,31,32). The predicted molar refractivity (Wildman–Crippen MR) is 114 cm³/mol. The Kier molecular flexibility index (Phi) is 5.94. The topological polar surface area (TPSA) is 113 Å². The molecule has 33 heavy (non-hydrogen) atoms. The molecule has 1 aliphatic rings. The normalized spacial score (nSPS) is 14.1. The molecule has 1 saturated heterocycles. The van der Waals surface area contributed by atoms with Gasteiger partial charge < -0.3 is 25.1 Å². The number of nitrogens with one attached hydrogen (secondary N) is 1. The van der Waals surface area contributed by atoms with Crippen molar-refractivity contribution in [2.75, 3.05) is 48.5 Å². The van der Waals surface area contributed by atoms with E-state index in [1.807, 2.05) is 4.90 Å². The molecule has 4 rings (SSSR count). The molecule has 0 amide bonds. The summed E-state index contributed by atoms with van der Waals surface area (Å²) in [5.41, 5.74) is 0.501. The van der Waals surface area contributed by atoms with Gasteiger partial charge in [0.1, 0.15) is 16.8 Å². The number of ether oxygens (including phenoxy) is 1. The molecule has 1 fully saturated rings. The maximum absolute atomic E-state index is 15.3. The highest BCUT2D eigenvalue weighted by molar-refractivity contribution is 5.97. The average molecular weight is 464 g/mol. The minimum atomic E-state index is -3.31. The molecular formula is C20H19F3N6O4. The zero-order valence-corrected chi connectivity index (χ0v) is 17.3. The van der Waals surface area contributed by atoms with Gasteiger partial charge in [0.25, 0.3) is 0 Å². The first-order valence-electron chi connectivity index (χ1n) is 9.86. The first-order chi connectivity index (χ1) is 15.8. The Morgan fingerprint density at radius 2 is 1.82 bits per heavy atom. The minimum Gasteiger partial charge on any atom is -0.477 e. The van der Waals surface area contributed by atoms with Gasteiger partial charge in [0, 0.05) is 51.8 Å². The van der Waals surface area contributed by atoms with Crippen molar-refractivity contribution in [1.82, 2.24) is 14.6 Å². The Morgan fingerprint density at radius 3 is 2.39 bits per heavy atom. The van der Waals surface area contributed by atoms with Gasteiger partial charge in [-0.05, 0) is 12.1 Å². The number of hydrogen-bond donors (Lipinski definition) is 2. The maximum atomic E-state index is 15.3. The van der Waals surface area contributed by atoms with Crippen molar-refractivity contribution in [2.24, 2.45) is 0 Å². The van der Waals surface area contributed by atoms with Crippen LogP contribution in [0.3, 0.4) is 0 Å². The molecule has 0 bridgehead atoms. The van der Waals surface area contributed by atoms with Gasteiger partial charge >= 0.3 is 12.6 Å². The number of aromatic nitrogens is 3. The second-order valence-corrected chi connectivity index (χ2v) is 7.10. The number of aromatic carboxylic acids is 1. The van der Waals surface area contributed by atoms with E-state index < -0.39 is 40.5 Å². The molecule has 174 valence electrons. The van der Waals surface area contributed by atoms with Crippen molar-refractivity contribution < 1.29 is 27.8 Å². The van der Waals surface area contributed by atoms with Gasteiger partial charge in [-0.15, -0.1) is 0 Å². The van der Waals surface area contributed by atoms with Gasteiger partial charge in [-0.2, -0.15) is 8.78 Å². The quantitative estimate of drug-likeness (QED) is 0.563. The number of halogens is 3. The summed E-state index contributed by atoms with van der Waals surface area (Å²) in [5, 5.41) is 8.89. The van der Waals surface area contributed by atoms with E-state index in [-0.39, 0.29) is 24.3 Å². The molecular weight excluding hydrogens is 445 g/mol. The van der Waals surface area contributed by atoms with Crippen LogP contribution in [0.2, 0.25) is 0 Å². The number of fused-ring (bicyclic) bond motifs is 1. The summed E-state index contributed by atoms with van der Waals surface area (Å²) < 4.78 is 47.7. The summed E-state index contributed by atoms with van der Waals surface area (Å²) in [6, 6.07) is 2.52. The largest absolute Gasteiger partial charge is 0.477 e. The molecule has 13 heteroatoms. The smallest absolute Gasteiger partial charge is 0.387 e. The number of carboxylic acids is 1. The highest BCUT2D eigenvalue weighted by Crippen LogP contribution is 2.39. The maximum Gasteiger partial charge on any atom is 0.387 e. The molecule has 0 radical (unpaired) electrons. The molecule has 3 heterocycles. The number of alkyl halides is 2. The van der Waals surface area contributed by atoms with Crippen LogP contribution in [0.4, 0.5) is 24.8 Å². The number of anilines is 2. The zero-order valence-electron chi connectivity index (χ0n) is 17.3. The van der Waals surface area contributed by atoms with Gasteiger partial charge in [-0.25, -0.2) is 19.2 Å². The summed E-state index contributed by atoms with van der Waals surface area (Å²) >= 11 is 0. The third kappa shape index (κ3) is 4.08. The van der Waals surface area contributed by atoms with Crippen molar-refractivity contribution in [3.8, 4) is 5.75 Å². The highest BCUT2D eigenvalue weighted by Gasteiger charge is 2.30. The van der Waals surface area contributed by atoms with Crippen LogP contribution in [0.15, 0.2) is 35.5 Å². The fourth-order valence-corrected chi connectivity index (χ4v) is 3.82. The number of rotatable bonds is 6. The van der Waals surface area contributed by atoms with Crippen LogP contribution in [-0.2, 0) is 0 Å². The Hall–Kier alpha value is -4.03. The lowest BCUT2D eigenvalue weighted by Crippen LogP contribution is -2.47. The number of benzene rings is 1. The minimum absolute atomic E-state index is 0.196. The summed E-state index contributed by atoms with van der Waals surface area (Å²) in [5.74, 6) is -2.59. The second kappa shape index (κ2) is 8.84. The van der Waals surface area contributed by atoms with Gasteiger partial charge in [0.15, 0.2) is 11.6 Å². The third-order valence-electron chi connectivity index (χ3n) is 5.28. The van der Waals surface area contributed by atoms with E-state index in [1.54, 1.807) is 18.5 Å². The predicted octanol–water partition coefficient (Wildman–Crippen LogP) is 1.73. The SMILES string of the molecule is CNn1cc(C(=O)O)c(=O)c2cc(F)c(N3CCN(c4ncccn4)CC3)c(OC(F)F)c21. The van der Waals surface area contributed by atoms with E-state index in [2.05, 4.69) is 15.4 Å². The Labute approximate surface area is 184 Å². The van der Waals surface area contributed by atoms with Gasteiger partial charge in [-0.1, -0.05) is 0 Å². The zero-order chi connectivity index (χ0) is 23.7. The van der Waals surface area contributed by atoms with E-state index in [1.165, 1.54) is 11.9 Å². The molecule has 2 aromatic heterocycles. The molecule has 0 aliphatic carbocycles. The summed E-state index contributed by atoms with van der Waals surface area (Å²) in [4.78, 5) is 35.8. The number of hydrogen-bond acceptors (Lipinski definition) is 8. The van der Waals surface area contributed by atoms with Crippen molar-refractivity contribution in [3.63, 3.8) is 0 Å². The van der Waals surface area contributed by atoms with Crippen molar-refractivity contribution in [3.05, 3.63) is 52.3 Å². The number of nitrogens with zero attached hydrogens (tertiary/aromatic N) is 5. The second-order valence-electron chi connectivity index (χ2n) is 7.10. The number of carbonyl (C=O) groups is 1. The Bertz CT molecular complexity index is 1250. The lowest BCUT2D eigenvalue weighted by molar-refractivity contribution is -0.0488. The average Bonchev–Trinajstić information content (AvgIpc) is 2.80. The van der Waals surface area contributed by atoms with Crippen LogP contribution in [0.1, 0.15) is 10.4 Å². The molecule has 3 aromatic rings. The van der Waals surface area contributed by atoms with E-state index in [0.29, 0.717) is 19.0 Å². The van der Waals surface area contributed by atoms with Crippen LogP contribution < -0.4 is 25.4 Å². The lowest BCUT2D eigenvalue weighted by atomic mass is 10.1. The van der Waals surface area contributed by atoms with Gasteiger partial charge in [0.05, 0.1) is 5.39 Å². The summed E-state index contributed by atoms with van der Waals surface area (Å²) in [6.45, 7) is -2.08. The van der Waals surface area contributed by atoms with Crippen LogP contribution in [0.5, 0.6) is 5.75 Å². The fourth-order valence-electron chi connectivity index (χ4n) is 3.82. The summed E-state index contributed by atoms with van der Waals surface area (Å²) in [6.07, 6.45) is 4.13. The molecule has 0 saturated carbocycles. The van der Waals surface area contributed by atoms with E-state index in [0.717, 1.165) is 16.9 Å². The molecule has 0 unspecified atom stereocenters. The Morgan fingerprint density at radius 1 is 1.18 bits per heavy atom. The first kappa shape index (κ1) is 22.2. The van der Waals surface area contributed by atoms with Crippen LogP contribution in [0, 0.1) is 5.82 Å². The number of carboxylic acid groups (broad SMARTS) is 1. The van der Waals surface area contributed by atoms with Crippen LogP contribution in [0.25, 0.3) is 10.9 Å². The molecule has 2 N–H and O–H groups in total. The van der Waals surface area contributed by atoms with E-state index >= 15 is 4.39 Å². The molecule has 0 spiro atoms. The molecule has 10 nitrogen and oxygen atoms in total. The molecule has 1 aliphatic heterocycles. The lowest BCUT2D eigenvalue weighted by Gasteiger charge is -2.37. The number of piperazine rings is 1. The fraction of sp³-hybridized carbons (Fsp3) is 0.300. The van der Waals surface area contributed by atoms with Gasteiger partial charge in [-0.3, -0.25) is 9.47 Å².